The van der Waals surface area contributed by atoms with Gasteiger partial charge in [0.25, 0.3) is 17.7 Å². The highest BCUT2D eigenvalue weighted by molar-refractivity contribution is 6.17. The summed E-state index contributed by atoms with van der Waals surface area (Å²) in [5.41, 5.74) is 5.70. The van der Waals surface area contributed by atoms with Crippen LogP contribution in [0.25, 0.3) is 64.6 Å². The van der Waals surface area contributed by atoms with Gasteiger partial charge in [0.2, 0.25) is 0 Å². The Bertz CT molecular complexity index is 4280. The largest absolute Gasteiger partial charge is 0.321 e. The maximum Gasteiger partial charge on any atom is 0.255 e. The molecule has 0 heterocycles. The summed E-state index contributed by atoms with van der Waals surface area (Å²) in [6.07, 6.45) is 0. The molecule has 3 N–H and O–H groups in total. The first-order valence-corrected chi connectivity index (χ1v) is 26.2. The second kappa shape index (κ2) is 21.6. The first-order chi connectivity index (χ1) is 39.9. The average molecular weight is 1050 g/mol. The number of benzene rings is 13. The number of carbonyl (C=O) groups excluding carboxylic acids is 3. The van der Waals surface area contributed by atoms with Gasteiger partial charge in [0.1, 0.15) is 0 Å². The average Bonchev–Trinajstić information content (AvgIpc) is 3.57. The zero-order valence-corrected chi connectivity index (χ0v) is 43.2. The maximum atomic E-state index is 14.7. The standard InChI is InChI=1S/C69H45N9O3/c79-67(70-58-34-37-64(55-28-10-7-25-52(55)58)76-73-61-31-13-19-43-16-1-4-22-49(43)61)46-40-47(68(80)71-59-35-38-65(56-29-11-8-26-53(56)59)77-74-62-32-14-20-44-17-2-5-23-50(44)62)42-48(41-46)69(81)72-60-36-39-66(57-30-12-9-27-54(57)60)78-75-63-33-15-21-45-18-3-6-24-51(45)63/h1-42H,(H,70,79)(H,71,80)(H,72,81). The number of fused-ring (bicyclic) bond motifs is 6. The highest BCUT2D eigenvalue weighted by Crippen LogP contribution is 2.39. The number of azo groups is 3. The van der Waals surface area contributed by atoms with Crippen LogP contribution in [0.3, 0.4) is 0 Å². The lowest BCUT2D eigenvalue weighted by molar-refractivity contribution is 0.102. The van der Waals surface area contributed by atoms with Gasteiger partial charge in [-0.2, -0.15) is 0 Å². The molecule has 0 saturated heterocycles. The van der Waals surface area contributed by atoms with Crippen LogP contribution in [0.2, 0.25) is 0 Å². The van der Waals surface area contributed by atoms with E-state index < -0.39 is 17.7 Å². The first kappa shape index (κ1) is 49.2. The highest BCUT2D eigenvalue weighted by Gasteiger charge is 2.21. The summed E-state index contributed by atoms with van der Waals surface area (Å²) >= 11 is 0. The van der Waals surface area contributed by atoms with Crippen LogP contribution in [0, 0.1) is 0 Å². The van der Waals surface area contributed by atoms with Gasteiger partial charge in [-0.25, -0.2) is 0 Å². The summed E-state index contributed by atoms with van der Waals surface area (Å²) in [4.78, 5) is 44.1. The molecule has 0 atom stereocenters. The Morgan fingerprint density at radius 1 is 0.222 bits per heavy atom. The van der Waals surface area contributed by atoms with Gasteiger partial charge in [-0.3, -0.25) is 14.4 Å². The van der Waals surface area contributed by atoms with Gasteiger partial charge in [0, 0.05) is 82.2 Å². The number of hydrogen-bond acceptors (Lipinski definition) is 9. The minimum atomic E-state index is -0.549. The van der Waals surface area contributed by atoms with Gasteiger partial charge in [0.05, 0.1) is 34.1 Å². The first-order valence-electron chi connectivity index (χ1n) is 26.2. The number of carbonyl (C=O) groups is 3. The number of hydrogen-bond donors (Lipinski definition) is 3. The van der Waals surface area contributed by atoms with E-state index in [1.54, 1.807) is 36.4 Å². The van der Waals surface area contributed by atoms with Crippen molar-refractivity contribution in [1.82, 2.24) is 0 Å². The topological polar surface area (TPSA) is 161 Å². The smallest absolute Gasteiger partial charge is 0.255 e. The Morgan fingerprint density at radius 2 is 0.444 bits per heavy atom. The van der Waals surface area contributed by atoms with Crippen LogP contribution >= 0.6 is 0 Å². The molecular weight excluding hydrogens is 1000 g/mol. The lowest BCUT2D eigenvalue weighted by Crippen LogP contribution is -2.19. The monoisotopic (exact) mass is 1050 g/mol. The summed E-state index contributed by atoms with van der Waals surface area (Å²) in [7, 11) is 0. The van der Waals surface area contributed by atoms with Crippen molar-refractivity contribution in [1.29, 1.82) is 0 Å². The quantitative estimate of drug-likeness (QED) is 0.104. The van der Waals surface area contributed by atoms with Crippen molar-refractivity contribution in [2.45, 2.75) is 0 Å². The summed E-state index contributed by atoms with van der Waals surface area (Å²) in [6.45, 7) is 0. The van der Waals surface area contributed by atoms with Gasteiger partial charge in [0.15, 0.2) is 0 Å². The molecule has 0 spiro atoms. The Balaban J connectivity index is 0.833. The molecule has 0 aliphatic carbocycles. The second-order valence-corrected chi connectivity index (χ2v) is 19.3. The second-order valence-electron chi connectivity index (χ2n) is 19.3. The number of amides is 3. The Labute approximate surface area is 463 Å². The predicted octanol–water partition coefficient (Wildman–Crippen LogP) is 19.6. The van der Waals surface area contributed by atoms with Gasteiger partial charge >= 0.3 is 0 Å². The van der Waals surface area contributed by atoms with E-state index in [1.807, 2.05) is 200 Å². The lowest BCUT2D eigenvalue weighted by atomic mass is 10.0. The fourth-order valence-electron chi connectivity index (χ4n) is 10.3. The molecule has 3 amide bonds. The molecule has 384 valence electrons. The molecule has 0 saturated carbocycles. The zero-order chi connectivity index (χ0) is 54.7. The minimum Gasteiger partial charge on any atom is -0.321 e. The van der Waals surface area contributed by atoms with Crippen LogP contribution < -0.4 is 16.0 Å². The molecule has 0 aromatic heterocycles. The maximum absolute atomic E-state index is 14.7. The van der Waals surface area contributed by atoms with Crippen molar-refractivity contribution in [3.63, 3.8) is 0 Å². The molecule has 0 radical (unpaired) electrons. The predicted molar refractivity (Wildman–Crippen MR) is 327 cm³/mol. The van der Waals surface area contributed by atoms with E-state index >= 15 is 0 Å². The third kappa shape index (κ3) is 9.99. The molecule has 13 rings (SSSR count). The van der Waals surface area contributed by atoms with E-state index in [4.69, 9.17) is 0 Å². The normalized spacial score (nSPS) is 11.7. The number of anilines is 3. The molecular formula is C69H45N9O3. The highest BCUT2D eigenvalue weighted by atomic mass is 16.2. The van der Waals surface area contributed by atoms with Crippen molar-refractivity contribution in [3.8, 4) is 0 Å². The molecule has 0 fully saturated rings. The van der Waals surface area contributed by atoms with Crippen molar-refractivity contribution in [2.75, 3.05) is 16.0 Å². The molecule has 0 aliphatic rings. The number of rotatable bonds is 12. The summed E-state index contributed by atoms with van der Waals surface area (Å²) in [5.74, 6) is -1.65. The third-order valence-corrected chi connectivity index (χ3v) is 14.3. The fourth-order valence-corrected chi connectivity index (χ4v) is 10.3. The molecule has 81 heavy (non-hydrogen) atoms. The van der Waals surface area contributed by atoms with Crippen LogP contribution in [-0.4, -0.2) is 17.7 Å². The molecule has 0 aliphatic heterocycles. The Hall–Kier alpha value is -11.4. The SMILES string of the molecule is O=C(Nc1ccc(N=Nc2cccc3ccccc23)c2ccccc12)c1cc(C(=O)Nc2ccc(N=Nc3cccc4ccccc34)c3ccccc23)cc(C(=O)Nc2ccc(N=Nc3cccc4ccccc34)c3ccccc23)c1. The third-order valence-electron chi connectivity index (χ3n) is 14.3. The molecule has 13 aromatic carbocycles. The molecule has 12 heteroatoms. The van der Waals surface area contributed by atoms with Crippen molar-refractivity contribution in [2.24, 2.45) is 30.7 Å². The van der Waals surface area contributed by atoms with E-state index in [2.05, 4.69) is 46.6 Å². The van der Waals surface area contributed by atoms with Crippen LogP contribution in [0.1, 0.15) is 31.1 Å². The van der Waals surface area contributed by atoms with E-state index in [1.165, 1.54) is 18.2 Å². The Morgan fingerprint density at radius 3 is 0.728 bits per heavy atom. The van der Waals surface area contributed by atoms with E-state index in [-0.39, 0.29) is 16.7 Å². The van der Waals surface area contributed by atoms with Crippen LogP contribution in [0.4, 0.5) is 51.2 Å². The van der Waals surface area contributed by atoms with E-state index in [9.17, 15) is 14.4 Å². The number of nitrogens with one attached hydrogen (secondary N) is 3. The van der Waals surface area contributed by atoms with Crippen molar-refractivity contribution >= 4 is 134 Å². The summed E-state index contributed by atoms with van der Waals surface area (Å²) < 4.78 is 0. The van der Waals surface area contributed by atoms with Crippen LogP contribution in [-0.2, 0) is 0 Å². The van der Waals surface area contributed by atoms with E-state index in [0.717, 1.165) is 65.5 Å². The van der Waals surface area contributed by atoms with Crippen molar-refractivity contribution in [3.05, 3.63) is 271 Å². The van der Waals surface area contributed by atoms with Crippen LogP contribution in [0.5, 0.6) is 0 Å². The minimum absolute atomic E-state index is 0.0692. The molecule has 13 aromatic rings. The van der Waals surface area contributed by atoms with Gasteiger partial charge in [-0.15, -0.1) is 30.7 Å². The van der Waals surface area contributed by atoms with Gasteiger partial charge in [-0.05, 0) is 89.0 Å². The van der Waals surface area contributed by atoms with Gasteiger partial charge < -0.3 is 16.0 Å². The Kier molecular flexibility index (Phi) is 13.1. The number of nitrogens with zero attached hydrogens (tertiary/aromatic N) is 6. The summed E-state index contributed by atoms with van der Waals surface area (Å²) in [6, 6.07) is 79.7. The molecule has 0 unspecified atom stereocenters. The lowest BCUT2D eigenvalue weighted by Gasteiger charge is -2.15. The van der Waals surface area contributed by atoms with E-state index in [0.29, 0.717) is 50.3 Å². The summed E-state index contributed by atoms with van der Waals surface area (Å²) in [5, 5.41) is 47.7. The van der Waals surface area contributed by atoms with Crippen LogP contribution in [0.15, 0.2) is 285 Å². The van der Waals surface area contributed by atoms with Crippen molar-refractivity contribution < 1.29 is 14.4 Å². The van der Waals surface area contributed by atoms with Gasteiger partial charge in [-0.1, -0.05) is 182 Å². The zero-order valence-electron chi connectivity index (χ0n) is 43.2. The molecule has 0 bridgehead atoms. The molecule has 12 nitrogen and oxygen atoms in total. The fraction of sp³-hybridized carbons (Fsp3) is 0.